The van der Waals surface area contributed by atoms with E-state index in [-0.39, 0.29) is 24.4 Å². The molecule has 1 unspecified atom stereocenters. The number of fused-ring (bicyclic) bond motifs is 1. The SMILES string of the molecule is [2H]C([2H])([2H])C(OC(=O)N1CCC2(CC1)CC2CCC(=O)N1Cc2ccncc2C1)(C([2H])([2H])[2H])C([2H])([2H])[2H]. The molecule has 2 fully saturated rings. The van der Waals surface area contributed by atoms with Crippen LogP contribution in [0.25, 0.3) is 0 Å². The molecule has 1 aliphatic carbocycles. The number of hydrogen-bond acceptors (Lipinski definition) is 4. The molecule has 0 aromatic carbocycles. The largest absolute Gasteiger partial charge is 0.444 e. The zero-order valence-electron chi connectivity index (χ0n) is 24.7. The van der Waals surface area contributed by atoms with Crippen molar-refractivity contribution in [3.05, 3.63) is 29.6 Å². The van der Waals surface area contributed by atoms with E-state index in [1.54, 1.807) is 12.4 Å². The van der Waals surface area contributed by atoms with Crippen molar-refractivity contribution in [2.45, 2.75) is 71.4 Å². The molecule has 2 aliphatic heterocycles. The van der Waals surface area contributed by atoms with E-state index in [4.69, 9.17) is 17.1 Å². The van der Waals surface area contributed by atoms with Crippen molar-refractivity contribution in [2.75, 3.05) is 13.1 Å². The molecule has 1 saturated heterocycles. The van der Waals surface area contributed by atoms with Crippen molar-refractivity contribution in [1.29, 1.82) is 0 Å². The molecule has 2 amide bonds. The van der Waals surface area contributed by atoms with E-state index >= 15 is 0 Å². The van der Waals surface area contributed by atoms with Gasteiger partial charge in [0.15, 0.2) is 0 Å². The number of nitrogens with zero attached hydrogens (tertiary/aromatic N) is 3. The fourth-order valence-corrected chi connectivity index (χ4v) is 4.63. The lowest BCUT2D eigenvalue weighted by Gasteiger charge is -2.34. The first-order chi connectivity index (χ1) is 17.0. The number of pyridine rings is 1. The Labute approximate surface area is 179 Å². The number of piperidine rings is 1. The van der Waals surface area contributed by atoms with E-state index < -0.39 is 32.2 Å². The van der Waals surface area contributed by atoms with Crippen LogP contribution in [0.5, 0.6) is 0 Å². The highest BCUT2D eigenvalue weighted by Gasteiger charge is 2.54. The summed E-state index contributed by atoms with van der Waals surface area (Å²) < 4.78 is 73.5. The van der Waals surface area contributed by atoms with Gasteiger partial charge in [0.05, 0.1) is 0 Å². The molecule has 6 heteroatoms. The summed E-state index contributed by atoms with van der Waals surface area (Å²) in [5.41, 5.74) is -1.47. The summed E-state index contributed by atoms with van der Waals surface area (Å²) in [6.45, 7) is -9.26. The Kier molecular flexibility index (Phi) is 2.81. The summed E-state index contributed by atoms with van der Waals surface area (Å²) >= 11 is 0. The molecule has 28 heavy (non-hydrogen) atoms. The first-order valence-corrected chi connectivity index (χ1v) is 9.68. The highest BCUT2D eigenvalue weighted by Crippen LogP contribution is 2.61. The van der Waals surface area contributed by atoms with Crippen LogP contribution in [0.2, 0.25) is 0 Å². The molecule has 3 aliphatic rings. The second kappa shape index (κ2) is 7.05. The number of aromatic nitrogens is 1. The van der Waals surface area contributed by atoms with Crippen LogP contribution in [0.3, 0.4) is 0 Å². The number of carbonyl (C=O) groups is 2. The summed E-state index contributed by atoms with van der Waals surface area (Å²) in [6, 6.07) is 1.93. The standard InChI is InChI=1S/C22H31N3O3/c1-21(2,3)28-20(27)24-10-7-22(8-11-24)12-18(22)4-5-19(26)25-14-16-6-9-23-13-17(16)15-25/h6,9,13,18H,4-5,7-8,10-12,14-15H2,1-3H3/i1D3,2D3,3D3. The van der Waals surface area contributed by atoms with E-state index in [1.165, 1.54) is 4.90 Å². The Morgan fingerprint density at radius 3 is 2.71 bits per heavy atom. The smallest absolute Gasteiger partial charge is 0.410 e. The zero-order valence-corrected chi connectivity index (χ0v) is 15.7. The summed E-state index contributed by atoms with van der Waals surface area (Å²) in [4.78, 5) is 32.7. The first kappa shape index (κ1) is 11.2. The van der Waals surface area contributed by atoms with Gasteiger partial charge in [0.25, 0.3) is 0 Å². The summed E-state index contributed by atoms with van der Waals surface area (Å²) in [5.74, 6) is 0.419. The number of ether oxygens (including phenoxy) is 1. The van der Waals surface area contributed by atoms with Gasteiger partial charge in [-0.2, -0.15) is 0 Å². The molecule has 1 aromatic rings. The Morgan fingerprint density at radius 2 is 2.00 bits per heavy atom. The number of amides is 2. The number of likely N-dealkylation sites (tertiary alicyclic amines) is 1. The minimum absolute atomic E-state index is 0.0237. The van der Waals surface area contributed by atoms with Crippen molar-refractivity contribution >= 4 is 12.0 Å². The van der Waals surface area contributed by atoms with Crippen molar-refractivity contribution < 1.29 is 26.7 Å². The lowest BCUT2D eigenvalue weighted by atomic mass is 9.89. The molecule has 0 bridgehead atoms. The Bertz CT molecular complexity index is 985. The van der Waals surface area contributed by atoms with Gasteiger partial charge in [-0.05, 0) is 74.8 Å². The van der Waals surface area contributed by atoms with Crippen molar-refractivity contribution in [2.24, 2.45) is 11.3 Å². The number of hydrogen-bond donors (Lipinski definition) is 0. The number of rotatable bonds is 3. The maximum absolute atomic E-state index is 12.8. The fraction of sp³-hybridized carbons (Fsp3) is 0.682. The normalized spacial score (nSPS) is 29.0. The van der Waals surface area contributed by atoms with Gasteiger partial charge in [-0.15, -0.1) is 0 Å². The third-order valence-electron chi connectivity index (χ3n) is 6.40. The highest BCUT2D eigenvalue weighted by atomic mass is 16.6. The predicted molar refractivity (Wildman–Crippen MR) is 105 cm³/mol. The average molecular weight is 395 g/mol. The minimum Gasteiger partial charge on any atom is -0.444 e. The third kappa shape index (κ3) is 4.01. The van der Waals surface area contributed by atoms with Crippen molar-refractivity contribution in [3.63, 3.8) is 0 Å². The molecule has 0 N–H and O–H groups in total. The van der Waals surface area contributed by atoms with Gasteiger partial charge in [-0.1, -0.05) is 0 Å². The molecule has 4 rings (SSSR count). The monoisotopic (exact) mass is 394 g/mol. The van der Waals surface area contributed by atoms with Gasteiger partial charge in [0.1, 0.15) is 5.60 Å². The van der Waals surface area contributed by atoms with Crippen LogP contribution < -0.4 is 0 Å². The molecule has 6 nitrogen and oxygen atoms in total. The van der Waals surface area contributed by atoms with Gasteiger partial charge in [0, 0.05) is 57.3 Å². The van der Waals surface area contributed by atoms with E-state index in [0.717, 1.165) is 24.0 Å². The Balaban J connectivity index is 1.30. The fourth-order valence-electron chi connectivity index (χ4n) is 4.63. The van der Waals surface area contributed by atoms with Crippen LogP contribution in [-0.4, -0.2) is 45.5 Å². The molecule has 0 radical (unpaired) electrons. The van der Waals surface area contributed by atoms with Crippen LogP contribution >= 0.6 is 0 Å². The molecule has 1 saturated carbocycles. The van der Waals surface area contributed by atoms with Crippen LogP contribution in [0.4, 0.5) is 4.79 Å². The Morgan fingerprint density at radius 1 is 1.25 bits per heavy atom. The molecule has 152 valence electrons. The van der Waals surface area contributed by atoms with E-state index in [1.807, 2.05) is 11.0 Å². The molecule has 1 spiro atoms. The third-order valence-corrected chi connectivity index (χ3v) is 6.40. The second-order valence-corrected chi connectivity index (χ2v) is 8.23. The van der Waals surface area contributed by atoms with Gasteiger partial charge in [-0.25, -0.2) is 4.79 Å². The molecule has 1 atom stereocenters. The summed E-state index contributed by atoms with van der Waals surface area (Å²) in [5, 5.41) is 0. The second-order valence-electron chi connectivity index (χ2n) is 8.23. The minimum atomic E-state index is -3.63. The molecule has 1 aromatic heterocycles. The average Bonchev–Trinajstić information content (AvgIpc) is 3.24. The van der Waals surface area contributed by atoms with Gasteiger partial charge >= 0.3 is 6.09 Å². The molecule has 3 heterocycles. The Hall–Kier alpha value is -2.11. The van der Waals surface area contributed by atoms with E-state index in [0.29, 0.717) is 38.3 Å². The van der Waals surface area contributed by atoms with Crippen LogP contribution in [0.15, 0.2) is 18.5 Å². The molecular formula is C22H31N3O3. The highest BCUT2D eigenvalue weighted by molar-refractivity contribution is 5.77. The van der Waals surface area contributed by atoms with Crippen molar-refractivity contribution in [1.82, 2.24) is 14.8 Å². The maximum Gasteiger partial charge on any atom is 0.410 e. The number of carbonyl (C=O) groups excluding carboxylic acids is 2. The quantitative estimate of drug-likeness (QED) is 0.783. The van der Waals surface area contributed by atoms with Crippen LogP contribution in [0.1, 0.15) is 76.1 Å². The van der Waals surface area contributed by atoms with Gasteiger partial charge < -0.3 is 14.5 Å². The topological polar surface area (TPSA) is 62.7 Å². The van der Waals surface area contributed by atoms with Gasteiger partial charge in [-0.3, -0.25) is 9.78 Å². The summed E-state index contributed by atoms with van der Waals surface area (Å²) in [6.07, 6.45) is 5.50. The van der Waals surface area contributed by atoms with E-state index in [2.05, 4.69) is 4.98 Å². The lowest BCUT2D eigenvalue weighted by Crippen LogP contribution is -2.42. The predicted octanol–water partition coefficient (Wildman–Crippen LogP) is 3.74. The molecular weight excluding hydrogens is 354 g/mol. The lowest BCUT2D eigenvalue weighted by molar-refractivity contribution is -0.132. The maximum atomic E-state index is 12.8. The van der Waals surface area contributed by atoms with Gasteiger partial charge in [0.2, 0.25) is 5.91 Å². The first-order valence-electron chi connectivity index (χ1n) is 14.2. The van der Waals surface area contributed by atoms with Crippen LogP contribution in [0, 0.1) is 11.3 Å². The zero-order chi connectivity index (χ0) is 27.4. The van der Waals surface area contributed by atoms with Crippen LogP contribution in [-0.2, 0) is 22.6 Å². The van der Waals surface area contributed by atoms with Crippen molar-refractivity contribution in [3.8, 4) is 0 Å². The summed E-state index contributed by atoms with van der Waals surface area (Å²) in [7, 11) is 0. The van der Waals surface area contributed by atoms with E-state index in [9.17, 15) is 9.59 Å².